The van der Waals surface area contributed by atoms with E-state index in [0.717, 1.165) is 44.1 Å². The maximum atomic E-state index is 13.5. The number of carbonyl (C=O) groups excluding carboxylic acids is 3. The maximum absolute atomic E-state index is 13.5. The number of amides is 4. The van der Waals surface area contributed by atoms with Crippen molar-refractivity contribution in [1.29, 1.82) is 0 Å². The van der Waals surface area contributed by atoms with E-state index in [2.05, 4.69) is 32.5 Å². The van der Waals surface area contributed by atoms with Gasteiger partial charge in [-0.15, -0.1) is 11.3 Å². The summed E-state index contributed by atoms with van der Waals surface area (Å²) in [5.74, 6) is 0.00634. The molecule has 11 heteroatoms. The summed E-state index contributed by atoms with van der Waals surface area (Å²) in [6, 6.07) is 2.88. The summed E-state index contributed by atoms with van der Waals surface area (Å²) < 4.78 is 6.06. The van der Waals surface area contributed by atoms with Gasteiger partial charge in [-0.05, 0) is 63.2 Å². The number of hydrogen-bond acceptors (Lipinski definition) is 7. The zero-order chi connectivity index (χ0) is 27.8. The number of nitrogens with one attached hydrogen (secondary N) is 3. The Bertz CT molecular complexity index is 1500. The van der Waals surface area contributed by atoms with Crippen LogP contribution in [0.1, 0.15) is 66.6 Å². The molecule has 10 nitrogen and oxygen atoms in total. The average molecular weight is 561 g/mol. The highest BCUT2D eigenvalue weighted by atomic mass is 32.1. The molecule has 0 aromatic carbocycles. The standard InChI is InChI=1S/C29H32N6O4S/c1-3-22(36)32-18-10-6-7-11-19(18)33-27(37)26-25-24-20(12-13-30-28(24)40-26)35(29(38)34-25)21-15-31-23(14-16(21)2)39-17-8-4-5-9-17/h3,12-15,17-19H,1,4-11H2,2H3,(H,32,36)(H,33,37)(H,34,38)/t18-,19+/m0/s1. The molecule has 0 spiro atoms. The van der Waals surface area contributed by atoms with E-state index in [0.29, 0.717) is 38.0 Å². The molecule has 4 heterocycles. The number of aromatic nitrogens is 2. The van der Waals surface area contributed by atoms with Crippen LogP contribution in [0, 0.1) is 6.92 Å². The van der Waals surface area contributed by atoms with Gasteiger partial charge in [0.1, 0.15) is 15.8 Å². The Morgan fingerprint density at radius 2 is 1.82 bits per heavy atom. The van der Waals surface area contributed by atoms with E-state index < -0.39 is 0 Å². The lowest BCUT2D eigenvalue weighted by Gasteiger charge is -2.32. The molecule has 0 unspecified atom stereocenters. The second-order valence-electron chi connectivity index (χ2n) is 10.6. The molecule has 0 radical (unpaired) electrons. The third-order valence-electron chi connectivity index (χ3n) is 7.94. The molecular formula is C29H32N6O4S. The van der Waals surface area contributed by atoms with Gasteiger partial charge in [-0.25, -0.2) is 14.8 Å². The Balaban J connectivity index is 1.29. The van der Waals surface area contributed by atoms with Gasteiger partial charge in [-0.2, -0.15) is 0 Å². The number of rotatable bonds is 7. The van der Waals surface area contributed by atoms with Crippen molar-refractivity contribution in [2.75, 3.05) is 10.2 Å². The molecule has 6 rings (SSSR count). The zero-order valence-electron chi connectivity index (χ0n) is 22.4. The van der Waals surface area contributed by atoms with Crippen molar-refractivity contribution in [3.63, 3.8) is 0 Å². The quantitative estimate of drug-likeness (QED) is 0.335. The highest BCUT2D eigenvalue weighted by molar-refractivity contribution is 7.21. The number of urea groups is 1. The van der Waals surface area contributed by atoms with Crippen LogP contribution in [0.15, 0.2) is 37.2 Å². The maximum Gasteiger partial charge on any atom is 0.331 e. The molecule has 2 aliphatic carbocycles. The monoisotopic (exact) mass is 560 g/mol. The summed E-state index contributed by atoms with van der Waals surface area (Å²) in [6.45, 7) is 5.46. The summed E-state index contributed by atoms with van der Waals surface area (Å²) in [4.78, 5) is 50.6. The van der Waals surface area contributed by atoms with Gasteiger partial charge < -0.3 is 20.7 Å². The van der Waals surface area contributed by atoms with E-state index in [9.17, 15) is 14.4 Å². The van der Waals surface area contributed by atoms with E-state index in [1.165, 1.54) is 30.3 Å². The van der Waals surface area contributed by atoms with Crippen LogP contribution in [0.5, 0.6) is 5.88 Å². The van der Waals surface area contributed by atoms with Gasteiger partial charge in [0.15, 0.2) is 0 Å². The van der Waals surface area contributed by atoms with Crippen LogP contribution in [0.4, 0.5) is 21.9 Å². The first-order valence-electron chi connectivity index (χ1n) is 13.8. The Morgan fingerprint density at radius 3 is 2.55 bits per heavy atom. The first-order chi connectivity index (χ1) is 19.4. The minimum absolute atomic E-state index is 0.177. The molecule has 2 atom stereocenters. The Hall–Kier alpha value is -3.99. The van der Waals surface area contributed by atoms with E-state index in [4.69, 9.17) is 4.74 Å². The minimum atomic E-state index is -0.379. The van der Waals surface area contributed by atoms with Crippen LogP contribution in [-0.2, 0) is 4.79 Å². The molecule has 208 valence electrons. The molecule has 40 heavy (non-hydrogen) atoms. The predicted octanol–water partition coefficient (Wildman–Crippen LogP) is 5.35. The third kappa shape index (κ3) is 4.90. The van der Waals surface area contributed by atoms with Crippen LogP contribution < -0.4 is 25.6 Å². The lowest BCUT2D eigenvalue weighted by molar-refractivity contribution is -0.117. The summed E-state index contributed by atoms with van der Waals surface area (Å²) in [5.41, 5.74) is 2.58. The van der Waals surface area contributed by atoms with Crippen molar-refractivity contribution in [3.8, 4) is 5.88 Å². The topological polar surface area (TPSA) is 126 Å². The summed E-state index contributed by atoms with van der Waals surface area (Å²) in [5, 5.41) is 9.70. The molecule has 4 amide bonds. The van der Waals surface area contributed by atoms with Gasteiger partial charge in [0.25, 0.3) is 5.91 Å². The number of thiophene rings is 1. The number of hydrogen-bond donors (Lipinski definition) is 3. The lowest BCUT2D eigenvalue weighted by Crippen LogP contribution is -2.52. The van der Waals surface area contributed by atoms with Crippen LogP contribution >= 0.6 is 11.3 Å². The first-order valence-corrected chi connectivity index (χ1v) is 14.6. The molecule has 0 bridgehead atoms. The molecule has 3 N–H and O–H groups in total. The number of aryl methyl sites for hydroxylation is 1. The first kappa shape index (κ1) is 26.2. The summed E-state index contributed by atoms with van der Waals surface area (Å²) >= 11 is 1.24. The average Bonchev–Trinajstić information content (AvgIpc) is 3.59. The van der Waals surface area contributed by atoms with Crippen LogP contribution in [0.3, 0.4) is 0 Å². The number of nitrogens with zero attached hydrogens (tertiary/aromatic N) is 3. The van der Waals surface area contributed by atoms with Crippen LogP contribution in [0.25, 0.3) is 10.2 Å². The van der Waals surface area contributed by atoms with E-state index in [-0.39, 0.29) is 36.0 Å². The fourth-order valence-corrected chi connectivity index (χ4v) is 6.96. The molecule has 3 aromatic heterocycles. The highest BCUT2D eigenvalue weighted by Crippen LogP contribution is 2.46. The predicted molar refractivity (Wildman–Crippen MR) is 154 cm³/mol. The van der Waals surface area contributed by atoms with Gasteiger partial charge in [0, 0.05) is 24.3 Å². The lowest BCUT2D eigenvalue weighted by atomic mass is 9.90. The second-order valence-corrected chi connectivity index (χ2v) is 11.6. The van der Waals surface area contributed by atoms with Gasteiger partial charge in [-0.1, -0.05) is 19.4 Å². The summed E-state index contributed by atoms with van der Waals surface area (Å²) in [6.07, 6.45) is 12.6. The Labute approximate surface area is 236 Å². The summed E-state index contributed by atoms with van der Waals surface area (Å²) in [7, 11) is 0. The highest BCUT2D eigenvalue weighted by Gasteiger charge is 2.35. The normalized spacial score (nSPS) is 20.7. The fourth-order valence-electron chi connectivity index (χ4n) is 5.93. The largest absolute Gasteiger partial charge is 0.474 e. The third-order valence-corrected chi connectivity index (χ3v) is 9.03. The molecule has 0 saturated heterocycles. The molecule has 1 aliphatic heterocycles. The minimum Gasteiger partial charge on any atom is -0.474 e. The van der Waals surface area contributed by atoms with Gasteiger partial charge in [0.05, 0.1) is 28.6 Å². The fraction of sp³-hybridized carbons (Fsp3) is 0.414. The van der Waals surface area contributed by atoms with Crippen molar-refractivity contribution < 1.29 is 19.1 Å². The van der Waals surface area contributed by atoms with E-state index in [1.807, 2.05) is 13.0 Å². The number of pyridine rings is 2. The molecule has 3 aliphatic rings. The van der Waals surface area contributed by atoms with E-state index in [1.54, 1.807) is 23.4 Å². The van der Waals surface area contributed by atoms with Crippen molar-refractivity contribution in [2.45, 2.75) is 76.5 Å². The van der Waals surface area contributed by atoms with Gasteiger partial charge in [0.2, 0.25) is 11.8 Å². The number of ether oxygens (including phenoxy) is 1. The van der Waals surface area contributed by atoms with Gasteiger partial charge >= 0.3 is 6.03 Å². The van der Waals surface area contributed by atoms with Crippen molar-refractivity contribution in [2.24, 2.45) is 0 Å². The molecule has 3 aromatic rings. The van der Waals surface area contributed by atoms with Crippen LogP contribution in [0.2, 0.25) is 0 Å². The smallest absolute Gasteiger partial charge is 0.331 e. The Kier molecular flexibility index (Phi) is 7.14. The van der Waals surface area contributed by atoms with Crippen molar-refractivity contribution in [1.82, 2.24) is 20.6 Å². The Morgan fingerprint density at radius 1 is 1.10 bits per heavy atom. The second kappa shape index (κ2) is 10.9. The molecule has 2 fully saturated rings. The zero-order valence-corrected chi connectivity index (χ0v) is 23.2. The van der Waals surface area contributed by atoms with Crippen molar-refractivity contribution in [3.05, 3.63) is 47.6 Å². The van der Waals surface area contributed by atoms with Crippen LogP contribution in [-0.4, -0.2) is 46.0 Å². The van der Waals surface area contributed by atoms with Gasteiger partial charge in [-0.3, -0.25) is 14.5 Å². The van der Waals surface area contributed by atoms with E-state index >= 15 is 0 Å². The van der Waals surface area contributed by atoms with Crippen molar-refractivity contribution >= 4 is 56.5 Å². The SMILES string of the molecule is C=CC(=O)N[C@H]1CCCC[C@H]1NC(=O)c1sc2nccc3c2c1NC(=O)N3c1cnc(OC2CCCC2)cc1C. The molecular weight excluding hydrogens is 528 g/mol. The number of carbonyl (C=O) groups is 3. The molecule has 2 saturated carbocycles. The number of anilines is 3.